The summed E-state index contributed by atoms with van der Waals surface area (Å²) in [6, 6.07) is 5.95. The molecule has 0 aliphatic rings. The van der Waals surface area contributed by atoms with Gasteiger partial charge in [0.1, 0.15) is 0 Å². The number of nitrogens with zero attached hydrogens (tertiary/aromatic N) is 2. The Kier molecular flexibility index (Phi) is 2.19. The molecule has 0 aliphatic heterocycles. The number of rotatable bonds is 2. The minimum Gasteiger partial charge on any atom is -0.336 e. The predicted octanol–water partition coefficient (Wildman–Crippen LogP) is 2.15. The van der Waals surface area contributed by atoms with Gasteiger partial charge in [-0.15, -0.1) is 11.3 Å². The number of hydrogen-bond donors (Lipinski definition) is 2. The molecule has 0 fully saturated rings. The lowest BCUT2D eigenvalue weighted by molar-refractivity contribution is 1.07. The molecule has 4 nitrogen and oxygen atoms in total. The molecule has 16 heavy (non-hydrogen) atoms. The number of nitrogens with two attached hydrogens (primary N) is 1. The van der Waals surface area contributed by atoms with Gasteiger partial charge in [-0.3, -0.25) is 0 Å². The van der Waals surface area contributed by atoms with Gasteiger partial charge < -0.3 is 10.7 Å². The van der Waals surface area contributed by atoms with Crippen LogP contribution in [-0.4, -0.2) is 15.0 Å². The number of aromatic nitrogens is 3. The molecule has 0 saturated carbocycles. The van der Waals surface area contributed by atoms with Gasteiger partial charge in [0.2, 0.25) is 0 Å². The SMILES string of the molecule is NCc1ccnc2nc(-c3cccs3)[nH]c12. The summed E-state index contributed by atoms with van der Waals surface area (Å²) >= 11 is 1.65. The minimum absolute atomic E-state index is 0.491. The zero-order valence-corrected chi connectivity index (χ0v) is 9.29. The maximum atomic E-state index is 5.67. The van der Waals surface area contributed by atoms with Crippen LogP contribution in [0.4, 0.5) is 0 Å². The molecule has 0 aliphatic carbocycles. The molecule has 3 rings (SSSR count). The predicted molar refractivity (Wildman–Crippen MR) is 65.1 cm³/mol. The molecule has 3 aromatic heterocycles. The Morgan fingerprint density at radius 1 is 1.38 bits per heavy atom. The third-order valence-electron chi connectivity index (χ3n) is 2.45. The van der Waals surface area contributed by atoms with Crippen molar-refractivity contribution in [3.05, 3.63) is 35.3 Å². The van der Waals surface area contributed by atoms with Gasteiger partial charge in [-0.2, -0.15) is 0 Å². The van der Waals surface area contributed by atoms with Crippen LogP contribution in [-0.2, 0) is 6.54 Å². The Morgan fingerprint density at radius 2 is 2.31 bits per heavy atom. The average Bonchev–Trinajstić information content (AvgIpc) is 2.96. The van der Waals surface area contributed by atoms with E-state index in [0.29, 0.717) is 6.54 Å². The first-order valence-electron chi connectivity index (χ1n) is 4.96. The zero-order chi connectivity index (χ0) is 11.0. The number of hydrogen-bond acceptors (Lipinski definition) is 4. The summed E-state index contributed by atoms with van der Waals surface area (Å²) in [6.45, 7) is 0.491. The standard InChI is InChI=1S/C11H10N4S/c12-6-7-3-4-13-11-9(7)14-10(15-11)8-2-1-5-16-8/h1-5H,6,12H2,(H,13,14,15). The van der Waals surface area contributed by atoms with E-state index in [1.165, 1.54) is 0 Å². The second-order valence-electron chi connectivity index (χ2n) is 3.44. The molecule has 0 aromatic carbocycles. The van der Waals surface area contributed by atoms with Crippen LogP contribution in [0, 0.1) is 0 Å². The maximum absolute atomic E-state index is 5.67. The molecule has 0 unspecified atom stereocenters. The summed E-state index contributed by atoms with van der Waals surface area (Å²) in [5.41, 5.74) is 8.38. The monoisotopic (exact) mass is 230 g/mol. The van der Waals surface area contributed by atoms with Crippen LogP contribution in [0.5, 0.6) is 0 Å². The fourth-order valence-corrected chi connectivity index (χ4v) is 2.33. The van der Waals surface area contributed by atoms with Crippen molar-refractivity contribution in [2.24, 2.45) is 5.73 Å². The lowest BCUT2D eigenvalue weighted by Crippen LogP contribution is -1.97. The molecule has 0 radical (unpaired) electrons. The molecular weight excluding hydrogens is 220 g/mol. The summed E-state index contributed by atoms with van der Waals surface area (Å²) in [4.78, 5) is 13.1. The molecule has 5 heteroatoms. The molecule has 0 amide bonds. The van der Waals surface area contributed by atoms with Crippen molar-refractivity contribution < 1.29 is 0 Å². The van der Waals surface area contributed by atoms with Gasteiger partial charge in [0.15, 0.2) is 11.5 Å². The fourth-order valence-electron chi connectivity index (χ4n) is 1.66. The van der Waals surface area contributed by atoms with Gasteiger partial charge in [0, 0.05) is 12.7 Å². The first-order valence-corrected chi connectivity index (χ1v) is 5.84. The highest BCUT2D eigenvalue weighted by atomic mass is 32.1. The number of imidazole rings is 1. The third-order valence-corrected chi connectivity index (χ3v) is 3.33. The second-order valence-corrected chi connectivity index (χ2v) is 4.38. The van der Waals surface area contributed by atoms with Crippen molar-refractivity contribution in [3.8, 4) is 10.7 Å². The van der Waals surface area contributed by atoms with Gasteiger partial charge in [-0.25, -0.2) is 9.97 Å². The molecule has 3 N–H and O–H groups in total. The molecule has 0 bridgehead atoms. The molecule has 0 saturated heterocycles. The topological polar surface area (TPSA) is 67.6 Å². The number of aromatic amines is 1. The molecule has 0 spiro atoms. The van der Waals surface area contributed by atoms with Crippen LogP contribution in [0.15, 0.2) is 29.8 Å². The fraction of sp³-hybridized carbons (Fsp3) is 0.0909. The number of thiophene rings is 1. The zero-order valence-electron chi connectivity index (χ0n) is 8.47. The van der Waals surface area contributed by atoms with Gasteiger partial charge in [-0.05, 0) is 23.1 Å². The van der Waals surface area contributed by atoms with E-state index in [4.69, 9.17) is 5.73 Å². The van der Waals surface area contributed by atoms with Gasteiger partial charge in [-0.1, -0.05) is 6.07 Å². The summed E-state index contributed by atoms with van der Waals surface area (Å²) in [5.74, 6) is 0.860. The number of nitrogens with one attached hydrogen (secondary N) is 1. The van der Waals surface area contributed by atoms with Crippen molar-refractivity contribution in [3.63, 3.8) is 0 Å². The number of H-pyrrole nitrogens is 1. The summed E-state index contributed by atoms with van der Waals surface area (Å²) in [5, 5.41) is 2.03. The van der Waals surface area contributed by atoms with Gasteiger partial charge in [0.25, 0.3) is 0 Å². The van der Waals surface area contributed by atoms with Crippen LogP contribution in [0.25, 0.3) is 21.9 Å². The van der Waals surface area contributed by atoms with E-state index in [-0.39, 0.29) is 0 Å². The smallest absolute Gasteiger partial charge is 0.178 e. The Balaban J connectivity index is 2.23. The Labute approximate surface area is 96.2 Å². The molecule has 3 aromatic rings. The lowest BCUT2D eigenvalue weighted by atomic mass is 10.2. The van der Waals surface area contributed by atoms with Crippen molar-refractivity contribution in [1.82, 2.24) is 15.0 Å². The van der Waals surface area contributed by atoms with E-state index >= 15 is 0 Å². The highest BCUT2D eigenvalue weighted by molar-refractivity contribution is 7.13. The second kappa shape index (κ2) is 3.70. The van der Waals surface area contributed by atoms with Crippen molar-refractivity contribution in [2.75, 3.05) is 0 Å². The van der Waals surface area contributed by atoms with E-state index in [0.717, 1.165) is 27.4 Å². The van der Waals surface area contributed by atoms with E-state index in [2.05, 4.69) is 15.0 Å². The van der Waals surface area contributed by atoms with Crippen molar-refractivity contribution in [1.29, 1.82) is 0 Å². The lowest BCUT2D eigenvalue weighted by Gasteiger charge is -1.95. The van der Waals surface area contributed by atoms with Crippen molar-refractivity contribution in [2.45, 2.75) is 6.54 Å². The van der Waals surface area contributed by atoms with Crippen LogP contribution in [0.3, 0.4) is 0 Å². The van der Waals surface area contributed by atoms with E-state index < -0.39 is 0 Å². The normalized spacial score (nSPS) is 11.1. The van der Waals surface area contributed by atoms with Crippen LogP contribution >= 0.6 is 11.3 Å². The Bertz CT molecular complexity index is 612. The minimum atomic E-state index is 0.491. The molecular formula is C11H10N4S. The van der Waals surface area contributed by atoms with Crippen LogP contribution in [0.1, 0.15) is 5.56 Å². The first-order chi connectivity index (χ1) is 7.88. The van der Waals surface area contributed by atoms with Crippen LogP contribution < -0.4 is 5.73 Å². The van der Waals surface area contributed by atoms with Crippen LogP contribution in [0.2, 0.25) is 0 Å². The molecule has 80 valence electrons. The van der Waals surface area contributed by atoms with Crippen molar-refractivity contribution >= 4 is 22.5 Å². The third kappa shape index (κ3) is 1.41. The van der Waals surface area contributed by atoms with E-state index in [9.17, 15) is 0 Å². The summed E-state index contributed by atoms with van der Waals surface area (Å²) < 4.78 is 0. The average molecular weight is 230 g/mol. The van der Waals surface area contributed by atoms with Gasteiger partial charge >= 0.3 is 0 Å². The summed E-state index contributed by atoms with van der Waals surface area (Å²) in [7, 11) is 0. The Hall–Kier alpha value is -1.72. The van der Waals surface area contributed by atoms with E-state index in [1.807, 2.05) is 23.6 Å². The largest absolute Gasteiger partial charge is 0.336 e. The van der Waals surface area contributed by atoms with E-state index in [1.54, 1.807) is 17.5 Å². The number of pyridine rings is 1. The van der Waals surface area contributed by atoms with Gasteiger partial charge in [0.05, 0.1) is 10.4 Å². The maximum Gasteiger partial charge on any atom is 0.178 e. The Morgan fingerprint density at radius 3 is 3.06 bits per heavy atom. The molecule has 3 heterocycles. The quantitative estimate of drug-likeness (QED) is 0.708. The molecule has 0 atom stereocenters. The highest BCUT2D eigenvalue weighted by Crippen LogP contribution is 2.24. The highest BCUT2D eigenvalue weighted by Gasteiger charge is 2.09. The summed E-state index contributed by atoms with van der Waals surface area (Å²) in [6.07, 6.45) is 1.74. The first kappa shape index (κ1) is 9.50. The number of fused-ring (bicyclic) bond motifs is 1.